The molecule has 1 amide bonds. The minimum absolute atomic E-state index is 0.263. The molecule has 146 valence electrons. The maximum atomic E-state index is 12.8. The maximum absolute atomic E-state index is 12.8. The standard InChI is InChI=1S/C18H20Cl2N2O4S/c1-4-17(18(23)21-14-10-12(19)9-13(20)11-14)22(27(3,24)25)15-5-7-16(26-2)8-6-15/h5-11,17H,4H2,1-3H3,(H,21,23). The number of ether oxygens (including phenoxy) is 1. The highest BCUT2D eigenvalue weighted by molar-refractivity contribution is 7.92. The summed E-state index contributed by atoms with van der Waals surface area (Å²) in [6.07, 6.45) is 1.32. The zero-order chi connectivity index (χ0) is 20.2. The first kappa shape index (κ1) is 21.3. The lowest BCUT2D eigenvalue weighted by Gasteiger charge is -2.30. The number of benzene rings is 2. The van der Waals surface area contributed by atoms with Gasteiger partial charge >= 0.3 is 0 Å². The van der Waals surface area contributed by atoms with Gasteiger partial charge in [-0.05, 0) is 48.9 Å². The van der Waals surface area contributed by atoms with Gasteiger partial charge in [-0.1, -0.05) is 30.1 Å². The van der Waals surface area contributed by atoms with Crippen molar-refractivity contribution in [3.63, 3.8) is 0 Å². The van der Waals surface area contributed by atoms with Gasteiger partial charge in [0.1, 0.15) is 11.8 Å². The molecule has 0 saturated carbocycles. The largest absolute Gasteiger partial charge is 0.497 e. The van der Waals surface area contributed by atoms with Crippen LogP contribution in [0.1, 0.15) is 13.3 Å². The maximum Gasteiger partial charge on any atom is 0.248 e. The number of carbonyl (C=O) groups excluding carboxylic acids is 1. The van der Waals surface area contributed by atoms with Crippen LogP contribution in [0.2, 0.25) is 10.0 Å². The van der Waals surface area contributed by atoms with Crippen LogP contribution in [0.4, 0.5) is 11.4 Å². The van der Waals surface area contributed by atoms with Crippen LogP contribution in [0.25, 0.3) is 0 Å². The van der Waals surface area contributed by atoms with Gasteiger partial charge in [0.25, 0.3) is 0 Å². The first-order valence-electron chi connectivity index (χ1n) is 8.06. The molecule has 2 aromatic rings. The topological polar surface area (TPSA) is 75.7 Å². The molecule has 0 spiro atoms. The van der Waals surface area contributed by atoms with Crippen molar-refractivity contribution in [2.45, 2.75) is 19.4 Å². The number of amides is 1. The summed E-state index contributed by atoms with van der Waals surface area (Å²) in [6, 6.07) is 10.1. The van der Waals surface area contributed by atoms with Crippen molar-refractivity contribution in [1.82, 2.24) is 0 Å². The molecule has 2 rings (SSSR count). The van der Waals surface area contributed by atoms with E-state index < -0.39 is 22.0 Å². The Kier molecular flexibility index (Phi) is 6.97. The smallest absolute Gasteiger partial charge is 0.248 e. The number of methoxy groups -OCH3 is 1. The van der Waals surface area contributed by atoms with E-state index >= 15 is 0 Å². The van der Waals surface area contributed by atoms with E-state index in [4.69, 9.17) is 27.9 Å². The van der Waals surface area contributed by atoms with Gasteiger partial charge in [-0.2, -0.15) is 0 Å². The first-order chi connectivity index (χ1) is 12.7. The molecule has 0 fully saturated rings. The van der Waals surface area contributed by atoms with E-state index in [0.29, 0.717) is 27.2 Å². The summed E-state index contributed by atoms with van der Waals surface area (Å²) in [5, 5.41) is 3.40. The molecule has 0 bridgehead atoms. The van der Waals surface area contributed by atoms with Gasteiger partial charge in [0, 0.05) is 15.7 Å². The third-order valence-corrected chi connectivity index (χ3v) is 5.40. The van der Waals surface area contributed by atoms with E-state index in [0.717, 1.165) is 10.6 Å². The van der Waals surface area contributed by atoms with Gasteiger partial charge in [-0.15, -0.1) is 0 Å². The summed E-state index contributed by atoms with van der Waals surface area (Å²) in [5.41, 5.74) is 0.753. The van der Waals surface area contributed by atoms with E-state index in [2.05, 4.69) is 5.32 Å². The summed E-state index contributed by atoms with van der Waals surface area (Å²) in [7, 11) is -2.21. The predicted molar refractivity (Wildman–Crippen MR) is 109 cm³/mol. The molecular formula is C18H20Cl2N2O4S. The number of carbonyl (C=O) groups is 1. The summed E-state index contributed by atoms with van der Waals surface area (Å²) in [4.78, 5) is 12.8. The Morgan fingerprint density at radius 1 is 1.15 bits per heavy atom. The average Bonchev–Trinajstić information content (AvgIpc) is 2.57. The van der Waals surface area contributed by atoms with Gasteiger partial charge in [0.05, 0.1) is 19.1 Å². The fourth-order valence-corrected chi connectivity index (χ4v) is 4.38. The molecule has 0 aliphatic heterocycles. The van der Waals surface area contributed by atoms with E-state index in [9.17, 15) is 13.2 Å². The highest BCUT2D eigenvalue weighted by Crippen LogP contribution is 2.27. The highest BCUT2D eigenvalue weighted by atomic mass is 35.5. The Bertz CT molecular complexity index is 897. The number of nitrogens with one attached hydrogen (secondary N) is 1. The Balaban J connectivity index is 2.37. The highest BCUT2D eigenvalue weighted by Gasteiger charge is 2.31. The molecule has 27 heavy (non-hydrogen) atoms. The van der Waals surface area contributed by atoms with Gasteiger partial charge in [0.15, 0.2) is 0 Å². The molecule has 0 saturated heterocycles. The molecule has 6 nitrogen and oxygen atoms in total. The number of rotatable bonds is 7. The van der Waals surface area contributed by atoms with Gasteiger partial charge in [-0.25, -0.2) is 8.42 Å². The second-order valence-electron chi connectivity index (χ2n) is 5.83. The van der Waals surface area contributed by atoms with Crippen LogP contribution in [0.15, 0.2) is 42.5 Å². The van der Waals surface area contributed by atoms with Crippen LogP contribution in [-0.2, 0) is 14.8 Å². The second kappa shape index (κ2) is 8.82. The lowest BCUT2D eigenvalue weighted by Crippen LogP contribution is -2.47. The molecule has 0 heterocycles. The number of hydrogen-bond donors (Lipinski definition) is 1. The Labute approximate surface area is 169 Å². The minimum atomic E-state index is -3.72. The number of nitrogens with zero attached hydrogens (tertiary/aromatic N) is 1. The molecule has 0 aliphatic rings. The Morgan fingerprint density at radius 2 is 1.70 bits per heavy atom. The third-order valence-electron chi connectivity index (χ3n) is 3.79. The minimum Gasteiger partial charge on any atom is -0.497 e. The van der Waals surface area contributed by atoms with Crippen LogP contribution in [0, 0.1) is 0 Å². The zero-order valence-corrected chi connectivity index (χ0v) is 17.4. The number of anilines is 2. The van der Waals surface area contributed by atoms with Gasteiger partial charge in [-0.3, -0.25) is 9.10 Å². The lowest BCUT2D eigenvalue weighted by atomic mass is 10.1. The molecule has 2 aromatic carbocycles. The van der Waals surface area contributed by atoms with Crippen molar-refractivity contribution in [2.75, 3.05) is 23.0 Å². The normalized spacial score (nSPS) is 12.3. The quantitative estimate of drug-likeness (QED) is 0.714. The van der Waals surface area contributed by atoms with Crippen molar-refractivity contribution in [2.24, 2.45) is 0 Å². The number of sulfonamides is 1. The molecule has 0 aliphatic carbocycles. The fourth-order valence-electron chi connectivity index (χ4n) is 2.64. The summed E-state index contributed by atoms with van der Waals surface area (Å²) >= 11 is 11.9. The van der Waals surface area contributed by atoms with Crippen LogP contribution in [0.5, 0.6) is 5.75 Å². The Hall–Kier alpha value is -1.96. The van der Waals surface area contributed by atoms with Crippen molar-refractivity contribution in [1.29, 1.82) is 0 Å². The SMILES string of the molecule is CCC(C(=O)Nc1cc(Cl)cc(Cl)c1)N(c1ccc(OC)cc1)S(C)(=O)=O. The van der Waals surface area contributed by atoms with Crippen molar-refractivity contribution >= 4 is 50.5 Å². The molecule has 1 unspecified atom stereocenters. The molecule has 1 N–H and O–H groups in total. The fraction of sp³-hybridized carbons (Fsp3) is 0.278. The van der Waals surface area contributed by atoms with Crippen molar-refractivity contribution in [3.8, 4) is 5.75 Å². The summed E-state index contributed by atoms with van der Waals surface area (Å²) in [5.74, 6) is 0.0929. The molecule has 1 atom stereocenters. The lowest BCUT2D eigenvalue weighted by molar-refractivity contribution is -0.117. The Morgan fingerprint density at radius 3 is 2.15 bits per heavy atom. The average molecular weight is 431 g/mol. The number of hydrogen-bond acceptors (Lipinski definition) is 4. The predicted octanol–water partition coefficient (Wildman–Crippen LogP) is 4.19. The van der Waals surface area contributed by atoms with Gasteiger partial charge in [0.2, 0.25) is 15.9 Å². The van der Waals surface area contributed by atoms with E-state index in [-0.39, 0.29) is 6.42 Å². The van der Waals surface area contributed by atoms with Crippen molar-refractivity contribution < 1.29 is 17.9 Å². The van der Waals surface area contributed by atoms with E-state index in [1.54, 1.807) is 31.2 Å². The van der Waals surface area contributed by atoms with Crippen LogP contribution < -0.4 is 14.4 Å². The third kappa shape index (κ3) is 5.51. The monoisotopic (exact) mass is 430 g/mol. The van der Waals surface area contributed by atoms with E-state index in [1.807, 2.05) is 0 Å². The molecule has 0 radical (unpaired) electrons. The van der Waals surface area contributed by atoms with Crippen LogP contribution in [0.3, 0.4) is 0 Å². The molecular weight excluding hydrogens is 411 g/mol. The van der Waals surface area contributed by atoms with Gasteiger partial charge < -0.3 is 10.1 Å². The molecule has 0 aromatic heterocycles. The molecule has 9 heteroatoms. The van der Waals surface area contributed by atoms with Crippen LogP contribution >= 0.6 is 23.2 Å². The summed E-state index contributed by atoms with van der Waals surface area (Å²) < 4.78 is 31.0. The van der Waals surface area contributed by atoms with Crippen molar-refractivity contribution in [3.05, 3.63) is 52.5 Å². The van der Waals surface area contributed by atoms with Crippen LogP contribution in [-0.4, -0.2) is 33.7 Å². The summed E-state index contributed by atoms with van der Waals surface area (Å²) in [6.45, 7) is 1.73. The zero-order valence-electron chi connectivity index (χ0n) is 15.1. The number of halogens is 2. The van der Waals surface area contributed by atoms with E-state index in [1.165, 1.54) is 25.3 Å². The second-order valence-corrected chi connectivity index (χ2v) is 8.56. The first-order valence-corrected chi connectivity index (χ1v) is 10.7.